The van der Waals surface area contributed by atoms with E-state index in [0.717, 1.165) is 17.0 Å². The zero-order valence-electron chi connectivity index (χ0n) is 14.2. The summed E-state index contributed by atoms with van der Waals surface area (Å²) in [4.78, 5) is 11.9. The average molecular weight is 347 g/mol. The van der Waals surface area contributed by atoms with Crippen LogP contribution in [0.5, 0.6) is 5.75 Å². The van der Waals surface area contributed by atoms with E-state index in [2.05, 4.69) is 36.6 Å². The van der Waals surface area contributed by atoms with Crippen molar-refractivity contribution in [1.29, 1.82) is 0 Å². The van der Waals surface area contributed by atoms with E-state index in [1.807, 2.05) is 19.1 Å². The third-order valence-electron chi connectivity index (χ3n) is 3.64. The zero-order valence-corrected chi connectivity index (χ0v) is 15.0. The maximum Gasteiger partial charge on any atom is 0.319 e. The molecule has 24 heavy (non-hydrogen) atoms. The molecule has 0 aliphatic heterocycles. The third kappa shape index (κ3) is 5.46. The molecule has 0 saturated carbocycles. The highest BCUT2D eigenvalue weighted by molar-refractivity contribution is 6.30. The van der Waals surface area contributed by atoms with Gasteiger partial charge < -0.3 is 15.4 Å². The SMILES string of the molecule is Cc1cc(Cl)ccc1NC(=O)NCCOc1ccc(C(C)C)cc1. The number of carbonyl (C=O) groups is 1. The molecule has 2 N–H and O–H groups in total. The molecule has 0 aromatic heterocycles. The second kappa shape index (κ2) is 8.60. The van der Waals surface area contributed by atoms with Crippen LogP contribution in [0.3, 0.4) is 0 Å². The lowest BCUT2D eigenvalue weighted by Crippen LogP contribution is -2.32. The predicted molar refractivity (Wildman–Crippen MR) is 99.2 cm³/mol. The number of urea groups is 1. The van der Waals surface area contributed by atoms with Gasteiger partial charge in [0.15, 0.2) is 0 Å². The van der Waals surface area contributed by atoms with Crippen LogP contribution in [0.25, 0.3) is 0 Å². The van der Waals surface area contributed by atoms with Crippen LogP contribution in [0.1, 0.15) is 30.9 Å². The number of hydrogen-bond donors (Lipinski definition) is 2. The maximum absolute atomic E-state index is 11.9. The summed E-state index contributed by atoms with van der Waals surface area (Å²) < 4.78 is 5.62. The summed E-state index contributed by atoms with van der Waals surface area (Å²) in [7, 11) is 0. The molecule has 0 radical (unpaired) electrons. The van der Waals surface area contributed by atoms with Crippen molar-refractivity contribution in [3.05, 3.63) is 58.6 Å². The lowest BCUT2D eigenvalue weighted by molar-refractivity contribution is 0.247. The number of anilines is 1. The van der Waals surface area contributed by atoms with E-state index >= 15 is 0 Å². The highest BCUT2D eigenvalue weighted by Crippen LogP contribution is 2.20. The number of benzene rings is 2. The number of carbonyl (C=O) groups excluding carboxylic acids is 1. The minimum Gasteiger partial charge on any atom is -0.492 e. The second-order valence-corrected chi connectivity index (χ2v) is 6.35. The third-order valence-corrected chi connectivity index (χ3v) is 3.87. The summed E-state index contributed by atoms with van der Waals surface area (Å²) in [5, 5.41) is 6.21. The first-order valence-electron chi connectivity index (χ1n) is 7.99. The molecule has 128 valence electrons. The number of ether oxygens (including phenoxy) is 1. The zero-order chi connectivity index (χ0) is 17.5. The number of amides is 2. The first-order chi connectivity index (χ1) is 11.5. The molecule has 0 unspecified atom stereocenters. The van der Waals surface area contributed by atoms with E-state index < -0.39 is 0 Å². The van der Waals surface area contributed by atoms with E-state index in [4.69, 9.17) is 16.3 Å². The van der Waals surface area contributed by atoms with Crippen molar-refractivity contribution in [2.45, 2.75) is 26.7 Å². The lowest BCUT2D eigenvalue weighted by Gasteiger charge is -2.11. The fourth-order valence-electron chi connectivity index (χ4n) is 2.22. The van der Waals surface area contributed by atoms with Crippen LogP contribution in [0.15, 0.2) is 42.5 Å². The molecular formula is C19H23ClN2O2. The van der Waals surface area contributed by atoms with Crippen molar-refractivity contribution in [2.75, 3.05) is 18.5 Å². The summed E-state index contributed by atoms with van der Waals surface area (Å²) in [5.74, 6) is 1.30. The van der Waals surface area contributed by atoms with Crippen molar-refractivity contribution < 1.29 is 9.53 Å². The van der Waals surface area contributed by atoms with Gasteiger partial charge in [0.25, 0.3) is 0 Å². The maximum atomic E-state index is 11.9. The molecule has 0 saturated heterocycles. The van der Waals surface area contributed by atoms with Crippen LogP contribution in [-0.2, 0) is 0 Å². The number of nitrogens with one attached hydrogen (secondary N) is 2. The Bertz CT molecular complexity index is 684. The van der Waals surface area contributed by atoms with Crippen LogP contribution in [0.2, 0.25) is 5.02 Å². The molecule has 0 spiro atoms. The van der Waals surface area contributed by atoms with Gasteiger partial charge in [-0.3, -0.25) is 0 Å². The van der Waals surface area contributed by atoms with Gasteiger partial charge in [0.2, 0.25) is 0 Å². The Morgan fingerprint density at radius 2 is 1.88 bits per heavy atom. The van der Waals surface area contributed by atoms with Crippen molar-refractivity contribution >= 4 is 23.3 Å². The van der Waals surface area contributed by atoms with E-state index in [-0.39, 0.29) is 6.03 Å². The molecule has 0 heterocycles. The first-order valence-corrected chi connectivity index (χ1v) is 8.37. The molecule has 2 rings (SSSR count). The Balaban J connectivity index is 1.72. The van der Waals surface area contributed by atoms with Gasteiger partial charge in [-0.1, -0.05) is 37.6 Å². The largest absolute Gasteiger partial charge is 0.492 e. The van der Waals surface area contributed by atoms with Gasteiger partial charge in [0.1, 0.15) is 12.4 Å². The van der Waals surface area contributed by atoms with Crippen LogP contribution in [0, 0.1) is 6.92 Å². The molecule has 2 aromatic rings. The monoisotopic (exact) mass is 346 g/mol. The van der Waals surface area contributed by atoms with E-state index in [1.54, 1.807) is 18.2 Å². The van der Waals surface area contributed by atoms with E-state index in [0.29, 0.717) is 24.1 Å². The highest BCUT2D eigenvalue weighted by Gasteiger charge is 2.05. The molecule has 2 aromatic carbocycles. The van der Waals surface area contributed by atoms with Crippen molar-refractivity contribution in [3.8, 4) is 5.75 Å². The predicted octanol–water partition coefficient (Wildman–Crippen LogP) is 4.97. The van der Waals surface area contributed by atoms with Crippen LogP contribution >= 0.6 is 11.6 Å². The van der Waals surface area contributed by atoms with Crippen LogP contribution < -0.4 is 15.4 Å². The molecule has 0 fully saturated rings. The molecule has 0 atom stereocenters. The summed E-state index contributed by atoms with van der Waals surface area (Å²) in [6, 6.07) is 13.1. The Labute approximate surface area is 148 Å². The standard InChI is InChI=1S/C19H23ClN2O2/c1-13(2)15-4-7-17(8-5-15)24-11-10-21-19(23)22-18-9-6-16(20)12-14(18)3/h4-9,12-13H,10-11H2,1-3H3,(H2,21,22,23). The molecule has 0 bridgehead atoms. The molecule has 2 amide bonds. The summed E-state index contributed by atoms with van der Waals surface area (Å²) in [5.41, 5.74) is 2.93. The van der Waals surface area contributed by atoms with Gasteiger partial charge in [-0.05, 0) is 54.3 Å². The fraction of sp³-hybridized carbons (Fsp3) is 0.316. The van der Waals surface area contributed by atoms with E-state index in [1.165, 1.54) is 5.56 Å². The van der Waals surface area contributed by atoms with Crippen molar-refractivity contribution in [1.82, 2.24) is 5.32 Å². The van der Waals surface area contributed by atoms with Gasteiger partial charge >= 0.3 is 6.03 Å². The van der Waals surface area contributed by atoms with Crippen LogP contribution in [0.4, 0.5) is 10.5 Å². The topological polar surface area (TPSA) is 50.4 Å². The lowest BCUT2D eigenvalue weighted by atomic mass is 10.0. The number of rotatable bonds is 6. The first kappa shape index (κ1) is 18.1. The fourth-order valence-corrected chi connectivity index (χ4v) is 2.44. The van der Waals surface area contributed by atoms with Crippen molar-refractivity contribution in [2.24, 2.45) is 0 Å². The van der Waals surface area contributed by atoms with Crippen LogP contribution in [-0.4, -0.2) is 19.2 Å². The van der Waals surface area contributed by atoms with Gasteiger partial charge in [-0.25, -0.2) is 4.79 Å². The molecule has 0 aliphatic rings. The van der Waals surface area contributed by atoms with Gasteiger partial charge in [-0.15, -0.1) is 0 Å². The Hall–Kier alpha value is -2.20. The molecular weight excluding hydrogens is 324 g/mol. The minimum atomic E-state index is -0.265. The average Bonchev–Trinajstić information content (AvgIpc) is 2.55. The smallest absolute Gasteiger partial charge is 0.319 e. The summed E-state index contributed by atoms with van der Waals surface area (Å²) in [6.07, 6.45) is 0. The normalized spacial score (nSPS) is 10.5. The van der Waals surface area contributed by atoms with Gasteiger partial charge in [-0.2, -0.15) is 0 Å². The summed E-state index contributed by atoms with van der Waals surface area (Å²) in [6.45, 7) is 7.03. The molecule has 5 heteroatoms. The molecule has 4 nitrogen and oxygen atoms in total. The number of aryl methyl sites for hydroxylation is 1. The minimum absolute atomic E-state index is 0.265. The number of halogens is 1. The number of hydrogen-bond acceptors (Lipinski definition) is 2. The summed E-state index contributed by atoms with van der Waals surface area (Å²) >= 11 is 5.90. The second-order valence-electron chi connectivity index (χ2n) is 5.91. The van der Waals surface area contributed by atoms with E-state index in [9.17, 15) is 4.79 Å². The van der Waals surface area contributed by atoms with Gasteiger partial charge in [0.05, 0.1) is 6.54 Å². The Morgan fingerprint density at radius 1 is 1.17 bits per heavy atom. The quantitative estimate of drug-likeness (QED) is 0.725. The van der Waals surface area contributed by atoms with Gasteiger partial charge in [0, 0.05) is 10.7 Å². The Kier molecular flexibility index (Phi) is 6.50. The Morgan fingerprint density at radius 3 is 2.50 bits per heavy atom. The molecule has 0 aliphatic carbocycles. The highest BCUT2D eigenvalue weighted by atomic mass is 35.5. The van der Waals surface area contributed by atoms with Crippen molar-refractivity contribution in [3.63, 3.8) is 0 Å².